The number of hydrogen-bond acceptors (Lipinski definition) is 6. The number of nitrogens with one attached hydrogen (secondary N) is 1. The van der Waals surface area contributed by atoms with Gasteiger partial charge in [-0.3, -0.25) is 4.79 Å². The van der Waals surface area contributed by atoms with Crippen LogP contribution in [0.2, 0.25) is 0 Å². The second-order valence-electron chi connectivity index (χ2n) is 5.07. The lowest BCUT2D eigenvalue weighted by Gasteiger charge is -2.12. The molecule has 0 radical (unpaired) electrons. The maximum absolute atomic E-state index is 12.3. The Balaban J connectivity index is 2.01. The van der Waals surface area contributed by atoms with E-state index in [-0.39, 0.29) is 18.1 Å². The van der Waals surface area contributed by atoms with Crippen LogP contribution in [0.5, 0.6) is 0 Å². The molecule has 0 saturated heterocycles. The van der Waals surface area contributed by atoms with Crippen LogP contribution in [0.15, 0.2) is 0 Å². The highest BCUT2D eigenvalue weighted by Gasteiger charge is 2.27. The lowest BCUT2D eigenvalue weighted by Crippen LogP contribution is -2.33. The summed E-state index contributed by atoms with van der Waals surface area (Å²) in [4.78, 5) is 19.0. The molecule has 1 amide bonds. The van der Waals surface area contributed by atoms with E-state index in [2.05, 4.69) is 10.3 Å². The molecule has 3 N–H and O–H groups in total. The van der Waals surface area contributed by atoms with Gasteiger partial charge in [-0.05, 0) is 26.2 Å². The Kier molecular flexibility index (Phi) is 4.82. The van der Waals surface area contributed by atoms with Crippen LogP contribution in [0.1, 0.15) is 35.9 Å². The number of hydrogen-bond donors (Lipinski definition) is 2. The number of nitrogens with two attached hydrogens (primary N) is 1. The summed E-state index contributed by atoms with van der Waals surface area (Å²) in [5, 5.41) is 3.80. The molecule has 1 heterocycles. The molecular weight excluding hydrogens is 276 g/mol. The van der Waals surface area contributed by atoms with Crippen LogP contribution in [0.4, 0.5) is 10.9 Å². The van der Waals surface area contributed by atoms with Gasteiger partial charge in [0.15, 0.2) is 5.13 Å². The zero-order chi connectivity index (χ0) is 14.7. The third-order valence-corrected chi connectivity index (χ3v) is 4.89. The van der Waals surface area contributed by atoms with E-state index in [1.807, 2.05) is 18.9 Å². The molecule has 6 nitrogen and oxygen atoms in total. The minimum absolute atomic E-state index is 0.127. The Morgan fingerprint density at radius 3 is 2.95 bits per heavy atom. The molecule has 1 aromatic heterocycles. The van der Waals surface area contributed by atoms with E-state index in [0.717, 1.165) is 30.9 Å². The van der Waals surface area contributed by atoms with Crippen LogP contribution in [0, 0.1) is 0 Å². The van der Waals surface area contributed by atoms with Crippen molar-refractivity contribution < 1.29 is 9.53 Å². The Labute approximate surface area is 123 Å². The van der Waals surface area contributed by atoms with Crippen LogP contribution in [-0.2, 0) is 4.74 Å². The van der Waals surface area contributed by atoms with Gasteiger partial charge in [-0.25, -0.2) is 4.98 Å². The number of carbonyl (C=O) groups is 1. The van der Waals surface area contributed by atoms with Gasteiger partial charge in [-0.1, -0.05) is 11.3 Å². The Hall–Kier alpha value is -1.34. The minimum atomic E-state index is -0.127. The molecule has 2 unspecified atom stereocenters. The minimum Gasteiger partial charge on any atom is -0.382 e. The lowest BCUT2D eigenvalue weighted by atomic mass is 10.2. The van der Waals surface area contributed by atoms with Gasteiger partial charge in [-0.15, -0.1) is 0 Å². The van der Waals surface area contributed by atoms with E-state index in [4.69, 9.17) is 10.5 Å². The molecule has 20 heavy (non-hydrogen) atoms. The first-order valence-electron chi connectivity index (χ1n) is 6.86. The molecule has 0 bridgehead atoms. The third-order valence-electron chi connectivity index (χ3n) is 3.70. The Morgan fingerprint density at radius 2 is 2.35 bits per heavy atom. The molecule has 112 valence electrons. The van der Waals surface area contributed by atoms with Gasteiger partial charge in [0.05, 0.1) is 6.10 Å². The van der Waals surface area contributed by atoms with E-state index < -0.39 is 0 Å². The van der Waals surface area contributed by atoms with Crippen molar-refractivity contribution in [3.05, 3.63) is 4.88 Å². The maximum Gasteiger partial charge on any atom is 0.265 e. The fourth-order valence-corrected chi connectivity index (χ4v) is 3.23. The first-order chi connectivity index (χ1) is 9.55. The van der Waals surface area contributed by atoms with Crippen molar-refractivity contribution in [3.63, 3.8) is 0 Å². The molecule has 1 saturated carbocycles. The van der Waals surface area contributed by atoms with Gasteiger partial charge in [0.25, 0.3) is 5.91 Å². The molecule has 0 aromatic carbocycles. The molecule has 7 heteroatoms. The van der Waals surface area contributed by atoms with Crippen molar-refractivity contribution >= 4 is 28.2 Å². The number of nitrogen functional groups attached to an aromatic ring is 1. The number of nitrogens with zero attached hydrogens (tertiary/aromatic N) is 2. The third kappa shape index (κ3) is 3.21. The van der Waals surface area contributed by atoms with E-state index >= 15 is 0 Å². The average Bonchev–Trinajstić information content (AvgIpc) is 3.04. The quantitative estimate of drug-likeness (QED) is 0.860. The van der Waals surface area contributed by atoms with Gasteiger partial charge >= 0.3 is 0 Å². The number of rotatable bonds is 5. The van der Waals surface area contributed by atoms with Crippen LogP contribution in [-0.4, -0.2) is 43.7 Å². The van der Waals surface area contributed by atoms with Crippen LogP contribution >= 0.6 is 11.3 Å². The fourth-order valence-electron chi connectivity index (χ4n) is 2.32. The lowest BCUT2D eigenvalue weighted by molar-refractivity contribution is 0.0919. The number of carbonyl (C=O) groups excluding carboxylic acids is 1. The first kappa shape index (κ1) is 15.1. The zero-order valence-electron chi connectivity index (χ0n) is 12.2. The van der Waals surface area contributed by atoms with Gasteiger partial charge < -0.3 is 20.7 Å². The summed E-state index contributed by atoms with van der Waals surface area (Å²) < 4.78 is 5.31. The summed E-state index contributed by atoms with van der Waals surface area (Å²) in [7, 11) is 3.64. The molecule has 0 aliphatic heterocycles. The zero-order valence-corrected chi connectivity index (χ0v) is 13.0. The smallest absolute Gasteiger partial charge is 0.265 e. The highest BCUT2D eigenvalue weighted by Crippen LogP contribution is 2.28. The van der Waals surface area contributed by atoms with Crippen molar-refractivity contribution in [2.24, 2.45) is 0 Å². The number of methoxy groups -OCH3 is 1. The highest BCUT2D eigenvalue weighted by molar-refractivity contribution is 7.18. The first-order valence-corrected chi connectivity index (χ1v) is 7.67. The van der Waals surface area contributed by atoms with Crippen molar-refractivity contribution in [1.29, 1.82) is 0 Å². The summed E-state index contributed by atoms with van der Waals surface area (Å²) in [6.07, 6.45) is 3.05. The fraction of sp³-hybridized carbons (Fsp3) is 0.692. The second kappa shape index (κ2) is 6.41. The van der Waals surface area contributed by atoms with E-state index in [1.54, 1.807) is 7.11 Å². The van der Waals surface area contributed by atoms with E-state index in [0.29, 0.717) is 10.7 Å². The molecule has 1 aliphatic carbocycles. The normalized spacial score (nSPS) is 21.9. The summed E-state index contributed by atoms with van der Waals surface area (Å²) in [6.45, 7) is 2.85. The van der Waals surface area contributed by atoms with Gasteiger partial charge in [0.2, 0.25) is 0 Å². The number of thiazole rings is 1. The molecule has 1 fully saturated rings. The summed E-state index contributed by atoms with van der Waals surface area (Å²) in [5.74, 6) is 0.182. The number of anilines is 2. The SMILES string of the molecule is CCN(C)c1nc(N)c(C(=O)NC2CCC(OC)C2)s1. The highest BCUT2D eigenvalue weighted by atomic mass is 32.1. The Bertz CT molecular complexity index is 477. The van der Waals surface area contributed by atoms with Crippen LogP contribution in [0.25, 0.3) is 0 Å². The van der Waals surface area contributed by atoms with Crippen molar-refractivity contribution in [3.8, 4) is 0 Å². The van der Waals surface area contributed by atoms with E-state index in [9.17, 15) is 4.79 Å². The number of amides is 1. The molecular formula is C13H22N4O2S. The maximum atomic E-state index is 12.3. The number of ether oxygens (including phenoxy) is 1. The molecule has 1 aliphatic rings. The van der Waals surface area contributed by atoms with Gasteiger partial charge in [0.1, 0.15) is 10.7 Å². The van der Waals surface area contributed by atoms with Crippen LogP contribution in [0.3, 0.4) is 0 Å². The predicted octanol–water partition coefficient (Wildman–Crippen LogP) is 1.48. The molecule has 2 rings (SSSR count). The van der Waals surface area contributed by atoms with Gasteiger partial charge in [-0.2, -0.15) is 0 Å². The summed E-state index contributed by atoms with van der Waals surface area (Å²) in [6, 6.07) is 0.168. The topological polar surface area (TPSA) is 80.5 Å². The summed E-state index contributed by atoms with van der Waals surface area (Å²) in [5.41, 5.74) is 5.85. The standard InChI is InChI=1S/C13H22N4O2S/c1-4-17(2)13-16-11(14)10(20-13)12(18)15-8-5-6-9(7-8)19-3/h8-9H,4-7,14H2,1-3H3,(H,15,18). The van der Waals surface area contributed by atoms with Crippen molar-refractivity contribution in [2.75, 3.05) is 31.3 Å². The van der Waals surface area contributed by atoms with Crippen molar-refractivity contribution in [1.82, 2.24) is 10.3 Å². The Morgan fingerprint density at radius 1 is 1.60 bits per heavy atom. The monoisotopic (exact) mass is 298 g/mol. The second-order valence-corrected chi connectivity index (χ2v) is 6.04. The average molecular weight is 298 g/mol. The van der Waals surface area contributed by atoms with Gasteiger partial charge in [0, 0.05) is 26.7 Å². The van der Waals surface area contributed by atoms with E-state index in [1.165, 1.54) is 11.3 Å². The molecule has 0 spiro atoms. The summed E-state index contributed by atoms with van der Waals surface area (Å²) >= 11 is 1.34. The molecule has 2 atom stereocenters. The van der Waals surface area contributed by atoms with Crippen molar-refractivity contribution in [2.45, 2.75) is 38.3 Å². The number of aromatic nitrogens is 1. The molecule has 1 aromatic rings. The largest absolute Gasteiger partial charge is 0.382 e. The predicted molar refractivity (Wildman–Crippen MR) is 81.4 cm³/mol. The van der Waals surface area contributed by atoms with Crippen LogP contribution < -0.4 is 16.0 Å².